The predicted molar refractivity (Wildman–Crippen MR) is 73.8 cm³/mol. The molecule has 0 saturated heterocycles. The zero-order chi connectivity index (χ0) is 13.4. The summed E-state index contributed by atoms with van der Waals surface area (Å²) in [6, 6.07) is 3.81. The van der Waals surface area contributed by atoms with Gasteiger partial charge in [0, 0.05) is 17.4 Å². The van der Waals surface area contributed by atoms with Crippen molar-refractivity contribution in [3.63, 3.8) is 0 Å². The molecular weight excluding hydrogens is 242 g/mol. The molecule has 0 aliphatic carbocycles. The average molecular weight is 257 g/mol. The van der Waals surface area contributed by atoms with Crippen molar-refractivity contribution in [1.82, 2.24) is 10.2 Å². The summed E-state index contributed by atoms with van der Waals surface area (Å²) in [5.41, 5.74) is 10.3. The van der Waals surface area contributed by atoms with Crippen molar-refractivity contribution >= 4 is 23.0 Å². The van der Waals surface area contributed by atoms with Gasteiger partial charge in [-0.2, -0.15) is 5.10 Å². The van der Waals surface area contributed by atoms with Crippen LogP contribution in [0, 0.1) is 0 Å². The maximum Gasteiger partial charge on any atom is 0.228 e. The molecule has 6 heteroatoms. The van der Waals surface area contributed by atoms with Crippen molar-refractivity contribution in [3.05, 3.63) is 35.7 Å². The van der Waals surface area contributed by atoms with E-state index in [1.54, 1.807) is 6.20 Å². The van der Waals surface area contributed by atoms with Crippen LogP contribution in [0.4, 0.5) is 17.1 Å². The molecule has 98 valence electrons. The van der Waals surface area contributed by atoms with Crippen LogP contribution in [-0.4, -0.2) is 16.1 Å². The molecular formula is C13H15N5O. The van der Waals surface area contributed by atoms with Gasteiger partial charge in [0.05, 0.1) is 30.0 Å². The van der Waals surface area contributed by atoms with E-state index in [1.807, 2.05) is 25.3 Å². The number of fused-ring (bicyclic) bond motifs is 1. The number of hydrogen-bond acceptors (Lipinski definition) is 4. The normalized spacial score (nSPS) is 14.9. The number of carbonyl (C=O) groups is 1. The molecule has 1 aromatic carbocycles. The summed E-state index contributed by atoms with van der Waals surface area (Å²) in [4.78, 5) is 11.3. The van der Waals surface area contributed by atoms with E-state index in [0.717, 1.165) is 22.5 Å². The minimum atomic E-state index is 0.00873. The van der Waals surface area contributed by atoms with Crippen LogP contribution in [0.5, 0.6) is 0 Å². The minimum absolute atomic E-state index is 0.00873. The fourth-order valence-corrected chi connectivity index (χ4v) is 2.23. The van der Waals surface area contributed by atoms with E-state index in [9.17, 15) is 4.79 Å². The summed E-state index contributed by atoms with van der Waals surface area (Å²) < 4.78 is 0. The number of nitrogen functional groups attached to an aromatic ring is 1. The highest BCUT2D eigenvalue weighted by atomic mass is 16.1. The number of H-pyrrole nitrogens is 1. The third-order valence-electron chi connectivity index (χ3n) is 3.29. The summed E-state index contributed by atoms with van der Waals surface area (Å²) in [5.74, 6) is 0.00873. The molecule has 2 heterocycles. The van der Waals surface area contributed by atoms with Crippen LogP contribution < -0.4 is 16.4 Å². The zero-order valence-corrected chi connectivity index (χ0v) is 10.5. The molecule has 1 aliphatic rings. The average Bonchev–Trinajstić information content (AvgIpc) is 2.97. The number of carbonyl (C=O) groups excluding carboxylic acids is 1. The zero-order valence-electron chi connectivity index (χ0n) is 10.5. The van der Waals surface area contributed by atoms with E-state index in [0.29, 0.717) is 12.1 Å². The van der Waals surface area contributed by atoms with Crippen LogP contribution in [0.3, 0.4) is 0 Å². The number of anilines is 3. The summed E-state index contributed by atoms with van der Waals surface area (Å²) in [6.45, 7) is 2.02. The van der Waals surface area contributed by atoms with Crippen LogP contribution in [0.25, 0.3) is 0 Å². The topological polar surface area (TPSA) is 95.8 Å². The van der Waals surface area contributed by atoms with Crippen molar-refractivity contribution in [2.24, 2.45) is 0 Å². The summed E-state index contributed by atoms with van der Waals surface area (Å²) in [7, 11) is 0. The number of aromatic nitrogens is 2. The molecule has 5 N–H and O–H groups in total. The van der Waals surface area contributed by atoms with Gasteiger partial charge in [-0.15, -0.1) is 0 Å². The van der Waals surface area contributed by atoms with Gasteiger partial charge in [0.1, 0.15) is 0 Å². The molecule has 1 amide bonds. The van der Waals surface area contributed by atoms with E-state index in [4.69, 9.17) is 5.73 Å². The van der Waals surface area contributed by atoms with E-state index < -0.39 is 0 Å². The largest absolute Gasteiger partial charge is 0.397 e. The molecule has 0 radical (unpaired) electrons. The molecule has 1 atom stereocenters. The first kappa shape index (κ1) is 11.6. The van der Waals surface area contributed by atoms with Gasteiger partial charge in [0.25, 0.3) is 0 Å². The highest BCUT2D eigenvalue weighted by Crippen LogP contribution is 2.33. The van der Waals surface area contributed by atoms with Gasteiger partial charge in [-0.05, 0) is 24.6 Å². The SMILES string of the molecule is CC(Nc1cc2c(cc1N)CC(=O)N2)c1cn[nH]c1. The molecule has 0 bridgehead atoms. The summed E-state index contributed by atoms with van der Waals surface area (Å²) in [6.07, 6.45) is 4.00. The smallest absolute Gasteiger partial charge is 0.228 e. The third-order valence-corrected chi connectivity index (χ3v) is 3.29. The lowest BCUT2D eigenvalue weighted by molar-refractivity contribution is -0.115. The predicted octanol–water partition coefficient (Wildman–Crippen LogP) is 1.66. The Labute approximate surface area is 110 Å². The van der Waals surface area contributed by atoms with Crippen molar-refractivity contribution in [3.8, 4) is 0 Å². The molecule has 1 aromatic heterocycles. The number of benzene rings is 1. The molecule has 19 heavy (non-hydrogen) atoms. The van der Waals surface area contributed by atoms with Crippen molar-refractivity contribution < 1.29 is 4.79 Å². The molecule has 1 aliphatic heterocycles. The van der Waals surface area contributed by atoms with Crippen LogP contribution in [-0.2, 0) is 11.2 Å². The Morgan fingerprint density at radius 1 is 1.47 bits per heavy atom. The van der Waals surface area contributed by atoms with Gasteiger partial charge in [0.2, 0.25) is 5.91 Å². The number of rotatable bonds is 3. The molecule has 0 saturated carbocycles. The number of aromatic amines is 1. The van der Waals surface area contributed by atoms with Crippen LogP contribution in [0.1, 0.15) is 24.1 Å². The molecule has 0 spiro atoms. The molecule has 3 rings (SSSR count). The van der Waals surface area contributed by atoms with Crippen molar-refractivity contribution in [1.29, 1.82) is 0 Å². The Morgan fingerprint density at radius 3 is 3.05 bits per heavy atom. The number of nitrogens with two attached hydrogens (primary N) is 1. The van der Waals surface area contributed by atoms with Gasteiger partial charge in [0.15, 0.2) is 0 Å². The van der Waals surface area contributed by atoms with Crippen LogP contribution >= 0.6 is 0 Å². The maximum atomic E-state index is 11.3. The van der Waals surface area contributed by atoms with Gasteiger partial charge >= 0.3 is 0 Å². The lowest BCUT2D eigenvalue weighted by atomic mass is 10.1. The second-order valence-electron chi connectivity index (χ2n) is 4.72. The summed E-state index contributed by atoms with van der Waals surface area (Å²) in [5, 5.41) is 12.8. The first-order valence-corrected chi connectivity index (χ1v) is 6.11. The van der Waals surface area contributed by atoms with E-state index >= 15 is 0 Å². The number of amides is 1. The first-order valence-electron chi connectivity index (χ1n) is 6.11. The molecule has 1 unspecified atom stereocenters. The Balaban J connectivity index is 1.86. The second kappa shape index (κ2) is 4.31. The number of nitrogens with one attached hydrogen (secondary N) is 3. The fraction of sp³-hybridized carbons (Fsp3) is 0.231. The van der Waals surface area contributed by atoms with Gasteiger partial charge in [-0.3, -0.25) is 9.89 Å². The van der Waals surface area contributed by atoms with Crippen molar-refractivity contribution in [2.45, 2.75) is 19.4 Å². The second-order valence-corrected chi connectivity index (χ2v) is 4.72. The number of nitrogens with zero attached hydrogens (tertiary/aromatic N) is 1. The monoisotopic (exact) mass is 257 g/mol. The highest BCUT2D eigenvalue weighted by molar-refractivity contribution is 6.00. The lowest BCUT2D eigenvalue weighted by Gasteiger charge is -2.16. The minimum Gasteiger partial charge on any atom is -0.397 e. The fourth-order valence-electron chi connectivity index (χ4n) is 2.23. The molecule has 0 fully saturated rings. The lowest BCUT2D eigenvalue weighted by Crippen LogP contribution is -2.08. The van der Waals surface area contributed by atoms with E-state index in [1.165, 1.54) is 0 Å². The number of hydrogen-bond donors (Lipinski definition) is 4. The van der Waals surface area contributed by atoms with E-state index in [-0.39, 0.29) is 11.9 Å². The quantitative estimate of drug-likeness (QED) is 0.629. The molecule has 6 nitrogen and oxygen atoms in total. The van der Waals surface area contributed by atoms with Gasteiger partial charge in [-0.25, -0.2) is 0 Å². The Hall–Kier alpha value is -2.50. The van der Waals surface area contributed by atoms with Gasteiger partial charge in [-0.1, -0.05) is 0 Å². The standard InChI is InChI=1S/C13H15N5O/c1-7(9-5-15-16-6-9)17-12-4-11-8(2-10(12)14)3-13(19)18-11/h2,4-7,17H,3,14H2,1H3,(H,15,16)(H,18,19). The Morgan fingerprint density at radius 2 is 2.32 bits per heavy atom. The van der Waals surface area contributed by atoms with E-state index in [2.05, 4.69) is 20.8 Å². The summed E-state index contributed by atoms with van der Waals surface area (Å²) >= 11 is 0. The first-order chi connectivity index (χ1) is 9.13. The third kappa shape index (κ3) is 2.12. The van der Waals surface area contributed by atoms with Gasteiger partial charge < -0.3 is 16.4 Å². The van der Waals surface area contributed by atoms with Crippen LogP contribution in [0.15, 0.2) is 24.5 Å². The highest BCUT2D eigenvalue weighted by Gasteiger charge is 2.20. The maximum absolute atomic E-state index is 11.3. The Kier molecular flexibility index (Phi) is 2.63. The molecule has 2 aromatic rings. The van der Waals surface area contributed by atoms with Crippen molar-refractivity contribution in [2.75, 3.05) is 16.4 Å². The Bertz CT molecular complexity index is 620. The van der Waals surface area contributed by atoms with Crippen LogP contribution in [0.2, 0.25) is 0 Å².